The Hall–Kier alpha value is -2.67. The molecule has 1 aliphatic rings. The Balaban J connectivity index is 1.95. The number of aromatic nitrogens is 3. The zero-order valence-corrected chi connectivity index (χ0v) is 13.9. The van der Waals surface area contributed by atoms with Gasteiger partial charge in [0.15, 0.2) is 5.65 Å². The lowest BCUT2D eigenvalue weighted by Crippen LogP contribution is -2.12. The lowest BCUT2D eigenvalue weighted by molar-refractivity contribution is 0.431. The Morgan fingerprint density at radius 2 is 1.83 bits per heavy atom. The molecule has 0 bridgehead atoms. The lowest BCUT2D eigenvalue weighted by Gasteiger charge is -2.24. The number of benzene rings is 1. The fourth-order valence-corrected chi connectivity index (χ4v) is 3.75. The number of hydrogen-bond donors (Lipinski definition) is 0. The van der Waals surface area contributed by atoms with Gasteiger partial charge in [-0.05, 0) is 25.3 Å². The monoisotopic (exact) mass is 316 g/mol. The van der Waals surface area contributed by atoms with E-state index in [0.717, 1.165) is 5.56 Å². The molecule has 0 amide bonds. The van der Waals surface area contributed by atoms with Crippen LogP contribution < -0.4 is 0 Å². The summed E-state index contributed by atoms with van der Waals surface area (Å²) in [6.07, 6.45) is 9.75. The van der Waals surface area contributed by atoms with E-state index >= 15 is 0 Å². The summed E-state index contributed by atoms with van der Waals surface area (Å²) in [6, 6.07) is 10.8. The van der Waals surface area contributed by atoms with E-state index in [2.05, 4.69) is 47.3 Å². The molecule has 0 atom stereocenters. The maximum absolute atomic E-state index is 9.30. The van der Waals surface area contributed by atoms with Gasteiger partial charge in [0, 0.05) is 17.7 Å². The van der Waals surface area contributed by atoms with Crippen molar-refractivity contribution < 1.29 is 0 Å². The Morgan fingerprint density at radius 1 is 1.08 bits per heavy atom. The van der Waals surface area contributed by atoms with E-state index in [1.165, 1.54) is 48.9 Å². The normalized spacial score (nSPS) is 15.5. The molecule has 1 saturated carbocycles. The maximum atomic E-state index is 9.30. The van der Waals surface area contributed by atoms with E-state index in [1.807, 2.05) is 10.7 Å². The molecule has 1 aliphatic carbocycles. The summed E-state index contributed by atoms with van der Waals surface area (Å²) in [5.41, 5.74) is 5.99. The molecule has 3 aromatic rings. The van der Waals surface area contributed by atoms with Gasteiger partial charge in [-0.2, -0.15) is 10.4 Å². The molecule has 0 saturated heterocycles. The van der Waals surface area contributed by atoms with E-state index < -0.39 is 0 Å². The van der Waals surface area contributed by atoms with Gasteiger partial charge in [0.05, 0.1) is 11.9 Å². The van der Waals surface area contributed by atoms with E-state index in [4.69, 9.17) is 0 Å². The Bertz CT molecular complexity index is 909. The number of nitrogens with zero attached hydrogens (tertiary/aromatic N) is 4. The Kier molecular flexibility index (Phi) is 3.78. The number of rotatable bonds is 2. The molecule has 4 rings (SSSR count). The minimum atomic E-state index is 0.479. The third-order valence-corrected chi connectivity index (χ3v) is 5.04. The summed E-state index contributed by atoms with van der Waals surface area (Å²) in [5, 5.41) is 13.8. The van der Waals surface area contributed by atoms with Crippen LogP contribution in [0.25, 0.3) is 16.8 Å². The smallest absolute Gasteiger partial charge is 0.173 e. The van der Waals surface area contributed by atoms with Crippen LogP contribution >= 0.6 is 0 Å². The molecule has 1 aromatic carbocycles. The second-order valence-corrected chi connectivity index (χ2v) is 6.66. The largest absolute Gasteiger partial charge is 0.235 e. The predicted molar refractivity (Wildman–Crippen MR) is 93.7 cm³/mol. The lowest BCUT2D eigenvalue weighted by atomic mass is 9.84. The van der Waals surface area contributed by atoms with Crippen LogP contribution in [0.1, 0.15) is 54.8 Å². The molecule has 24 heavy (non-hydrogen) atoms. The molecule has 4 heteroatoms. The molecule has 0 unspecified atom stereocenters. The van der Waals surface area contributed by atoms with Crippen molar-refractivity contribution in [2.45, 2.75) is 44.9 Å². The Labute approximate surface area is 141 Å². The predicted octanol–water partition coefficient (Wildman–Crippen LogP) is 4.62. The maximum Gasteiger partial charge on any atom is 0.173 e. The van der Waals surface area contributed by atoms with Gasteiger partial charge in [0.2, 0.25) is 0 Å². The standard InChI is InChI=1S/C20H20N4/c1-14-7-9-15(10-8-14)18-13-22-20-17(11-21)12-23-24(20)19(18)16-5-3-2-4-6-16/h7-10,12-13,16H,2-6H2,1H3. The molecular formula is C20H20N4. The number of nitriles is 1. The summed E-state index contributed by atoms with van der Waals surface area (Å²) in [7, 11) is 0. The van der Waals surface area contributed by atoms with Crippen LogP contribution in [0, 0.1) is 18.3 Å². The van der Waals surface area contributed by atoms with E-state index in [1.54, 1.807) is 6.20 Å². The highest BCUT2D eigenvalue weighted by molar-refractivity contribution is 5.69. The number of aryl methyl sites for hydroxylation is 1. The molecule has 1 fully saturated rings. The summed E-state index contributed by atoms with van der Waals surface area (Å²) in [5.74, 6) is 0.479. The van der Waals surface area contributed by atoms with Crippen molar-refractivity contribution in [3.63, 3.8) is 0 Å². The van der Waals surface area contributed by atoms with Crippen LogP contribution in [0.2, 0.25) is 0 Å². The highest BCUT2D eigenvalue weighted by Gasteiger charge is 2.24. The van der Waals surface area contributed by atoms with Crippen molar-refractivity contribution >= 4 is 5.65 Å². The summed E-state index contributed by atoms with van der Waals surface area (Å²) >= 11 is 0. The molecular weight excluding hydrogens is 296 g/mol. The molecule has 0 N–H and O–H groups in total. The summed E-state index contributed by atoms with van der Waals surface area (Å²) < 4.78 is 1.91. The fraction of sp³-hybridized carbons (Fsp3) is 0.350. The van der Waals surface area contributed by atoms with Crippen LogP contribution in [0.3, 0.4) is 0 Å². The third-order valence-electron chi connectivity index (χ3n) is 5.04. The molecule has 120 valence electrons. The van der Waals surface area contributed by atoms with Crippen LogP contribution in [0.4, 0.5) is 0 Å². The molecule has 2 aromatic heterocycles. The van der Waals surface area contributed by atoms with Crippen molar-refractivity contribution in [2.75, 3.05) is 0 Å². The van der Waals surface area contributed by atoms with Gasteiger partial charge in [0.25, 0.3) is 0 Å². The summed E-state index contributed by atoms with van der Waals surface area (Å²) in [4.78, 5) is 4.54. The quantitative estimate of drug-likeness (QED) is 0.693. The number of hydrogen-bond acceptors (Lipinski definition) is 3. The highest BCUT2D eigenvalue weighted by atomic mass is 15.3. The first-order valence-corrected chi connectivity index (χ1v) is 8.61. The molecule has 0 aliphatic heterocycles. The summed E-state index contributed by atoms with van der Waals surface area (Å²) in [6.45, 7) is 2.10. The van der Waals surface area contributed by atoms with Gasteiger partial charge in [-0.15, -0.1) is 0 Å². The van der Waals surface area contributed by atoms with Crippen LogP contribution in [0.15, 0.2) is 36.7 Å². The minimum absolute atomic E-state index is 0.479. The molecule has 4 nitrogen and oxygen atoms in total. The van der Waals surface area contributed by atoms with Crippen molar-refractivity contribution in [3.05, 3.63) is 53.5 Å². The first-order valence-electron chi connectivity index (χ1n) is 8.61. The minimum Gasteiger partial charge on any atom is -0.235 e. The zero-order chi connectivity index (χ0) is 16.5. The van der Waals surface area contributed by atoms with E-state index in [0.29, 0.717) is 17.1 Å². The second kappa shape index (κ2) is 6.09. The van der Waals surface area contributed by atoms with Crippen molar-refractivity contribution in [2.24, 2.45) is 0 Å². The Morgan fingerprint density at radius 3 is 2.54 bits per heavy atom. The van der Waals surface area contributed by atoms with Gasteiger partial charge < -0.3 is 0 Å². The van der Waals surface area contributed by atoms with Crippen LogP contribution in [-0.4, -0.2) is 14.6 Å². The van der Waals surface area contributed by atoms with E-state index in [-0.39, 0.29) is 0 Å². The molecule has 2 heterocycles. The number of fused-ring (bicyclic) bond motifs is 1. The van der Waals surface area contributed by atoms with Gasteiger partial charge in [-0.3, -0.25) is 0 Å². The van der Waals surface area contributed by atoms with Gasteiger partial charge in [-0.25, -0.2) is 9.50 Å². The zero-order valence-electron chi connectivity index (χ0n) is 13.9. The molecule has 0 spiro atoms. The van der Waals surface area contributed by atoms with Gasteiger partial charge in [-0.1, -0.05) is 49.1 Å². The van der Waals surface area contributed by atoms with Crippen LogP contribution in [-0.2, 0) is 0 Å². The van der Waals surface area contributed by atoms with Crippen LogP contribution in [0.5, 0.6) is 0 Å². The fourth-order valence-electron chi connectivity index (χ4n) is 3.75. The highest BCUT2D eigenvalue weighted by Crippen LogP contribution is 2.38. The average Bonchev–Trinajstić information content (AvgIpc) is 3.05. The SMILES string of the molecule is Cc1ccc(-c2cnc3c(C#N)cnn3c2C2CCCCC2)cc1. The van der Waals surface area contributed by atoms with Crippen molar-refractivity contribution in [1.29, 1.82) is 5.26 Å². The first-order chi connectivity index (χ1) is 11.8. The van der Waals surface area contributed by atoms with E-state index in [9.17, 15) is 5.26 Å². The topological polar surface area (TPSA) is 54.0 Å². The van der Waals surface area contributed by atoms with Gasteiger partial charge >= 0.3 is 0 Å². The van der Waals surface area contributed by atoms with Crippen molar-refractivity contribution in [1.82, 2.24) is 14.6 Å². The molecule has 0 radical (unpaired) electrons. The third kappa shape index (κ3) is 2.46. The first kappa shape index (κ1) is 14.9. The van der Waals surface area contributed by atoms with Crippen molar-refractivity contribution in [3.8, 4) is 17.2 Å². The second-order valence-electron chi connectivity index (χ2n) is 6.66. The van der Waals surface area contributed by atoms with Gasteiger partial charge in [0.1, 0.15) is 11.6 Å². The average molecular weight is 316 g/mol.